The maximum Gasteiger partial charge on any atom is 0.345 e. The number of carboxylic acid groups (broad SMARTS) is 1. The van der Waals surface area contributed by atoms with E-state index >= 15 is 0 Å². The molecule has 0 aromatic carbocycles. The van der Waals surface area contributed by atoms with E-state index in [0.29, 0.717) is 16.9 Å². The van der Waals surface area contributed by atoms with Crippen molar-refractivity contribution in [3.8, 4) is 0 Å². The number of hydrogen-bond acceptors (Lipinski definition) is 5. The van der Waals surface area contributed by atoms with Gasteiger partial charge in [-0.15, -0.1) is 11.3 Å². The van der Waals surface area contributed by atoms with Crippen molar-refractivity contribution < 1.29 is 18.3 Å². The number of carbonyl (C=O) groups is 1. The highest BCUT2D eigenvalue weighted by Crippen LogP contribution is 2.28. The molecule has 20 heavy (non-hydrogen) atoms. The number of hydrogen-bond donors (Lipinski definition) is 2. The number of rotatable bonds is 4. The second-order valence-corrected chi connectivity index (χ2v) is 7.17. The molecule has 0 aliphatic heterocycles. The van der Waals surface area contributed by atoms with E-state index in [1.165, 1.54) is 18.3 Å². The van der Waals surface area contributed by atoms with Gasteiger partial charge in [0.15, 0.2) is 5.15 Å². The number of sulfonamides is 1. The van der Waals surface area contributed by atoms with Crippen molar-refractivity contribution in [1.82, 2.24) is 4.98 Å². The first kappa shape index (κ1) is 14.8. The van der Waals surface area contributed by atoms with Crippen molar-refractivity contribution in [3.05, 3.63) is 40.0 Å². The second-order valence-electron chi connectivity index (χ2n) is 3.82. The monoisotopic (exact) mass is 332 g/mol. The average molecular weight is 333 g/mol. The van der Waals surface area contributed by atoms with Crippen LogP contribution in [0.3, 0.4) is 0 Å². The van der Waals surface area contributed by atoms with Crippen molar-refractivity contribution in [2.24, 2.45) is 0 Å². The number of anilines is 1. The van der Waals surface area contributed by atoms with Gasteiger partial charge < -0.3 is 5.11 Å². The van der Waals surface area contributed by atoms with Gasteiger partial charge in [-0.1, -0.05) is 11.6 Å². The smallest absolute Gasteiger partial charge is 0.345 e. The predicted octanol–water partition coefficient (Wildman–Crippen LogP) is 2.60. The molecule has 0 fully saturated rings. The zero-order valence-electron chi connectivity index (χ0n) is 10.1. The quantitative estimate of drug-likeness (QED) is 0.839. The first-order valence-electron chi connectivity index (χ1n) is 5.28. The minimum atomic E-state index is -3.89. The standard InChI is InChI=1S/C11H9ClN2O4S2/c1-6-4-5-13-10(12)9(6)14-20(17,18)8-3-2-7(19-8)11(15)16/h2-5,14H,1H3,(H,15,16). The van der Waals surface area contributed by atoms with Crippen LogP contribution in [0.25, 0.3) is 0 Å². The third kappa shape index (κ3) is 2.92. The Bertz CT molecular complexity index is 750. The maximum absolute atomic E-state index is 12.2. The summed E-state index contributed by atoms with van der Waals surface area (Å²) in [6.45, 7) is 1.68. The Morgan fingerprint density at radius 3 is 2.65 bits per heavy atom. The van der Waals surface area contributed by atoms with Crippen LogP contribution in [0, 0.1) is 6.92 Å². The summed E-state index contributed by atoms with van der Waals surface area (Å²) in [4.78, 5) is 14.5. The highest BCUT2D eigenvalue weighted by molar-refractivity contribution is 7.94. The van der Waals surface area contributed by atoms with Crippen LogP contribution in [0.5, 0.6) is 0 Å². The fourth-order valence-electron chi connectivity index (χ4n) is 1.41. The molecule has 2 aromatic rings. The Morgan fingerprint density at radius 1 is 1.40 bits per heavy atom. The van der Waals surface area contributed by atoms with Gasteiger partial charge in [0.05, 0.1) is 5.69 Å². The number of nitrogens with one attached hydrogen (secondary N) is 1. The van der Waals surface area contributed by atoms with Gasteiger partial charge >= 0.3 is 5.97 Å². The number of halogens is 1. The molecule has 0 aliphatic carbocycles. The van der Waals surface area contributed by atoms with E-state index in [2.05, 4.69) is 9.71 Å². The lowest BCUT2D eigenvalue weighted by molar-refractivity contribution is 0.0702. The van der Waals surface area contributed by atoms with Crippen molar-refractivity contribution in [2.75, 3.05) is 4.72 Å². The van der Waals surface area contributed by atoms with Crippen molar-refractivity contribution in [1.29, 1.82) is 0 Å². The zero-order valence-corrected chi connectivity index (χ0v) is 12.5. The van der Waals surface area contributed by atoms with Crippen molar-refractivity contribution >= 4 is 44.6 Å². The Morgan fingerprint density at radius 2 is 2.10 bits per heavy atom. The van der Waals surface area contributed by atoms with Crippen LogP contribution in [0.1, 0.15) is 15.2 Å². The minimum Gasteiger partial charge on any atom is -0.477 e. The lowest BCUT2D eigenvalue weighted by Crippen LogP contribution is -2.13. The lowest BCUT2D eigenvalue weighted by Gasteiger charge is -2.09. The number of aromatic nitrogens is 1. The van der Waals surface area contributed by atoms with Crippen LogP contribution >= 0.6 is 22.9 Å². The summed E-state index contributed by atoms with van der Waals surface area (Å²) < 4.78 is 26.5. The number of nitrogens with zero attached hydrogens (tertiary/aromatic N) is 1. The Labute approximate surface area is 124 Å². The third-order valence-corrected chi connectivity index (χ3v) is 5.61. The first-order chi connectivity index (χ1) is 9.31. The van der Waals surface area contributed by atoms with Crippen LogP contribution in [0.15, 0.2) is 28.6 Å². The molecule has 0 aliphatic rings. The number of aryl methyl sites for hydroxylation is 1. The van der Waals surface area contributed by atoms with E-state index in [1.54, 1.807) is 13.0 Å². The number of thiophene rings is 1. The molecule has 2 aromatic heterocycles. The topological polar surface area (TPSA) is 96.4 Å². The largest absolute Gasteiger partial charge is 0.477 e. The van der Waals surface area contributed by atoms with Gasteiger partial charge in [-0.2, -0.15) is 0 Å². The van der Waals surface area contributed by atoms with Gasteiger partial charge in [-0.05, 0) is 30.7 Å². The summed E-state index contributed by atoms with van der Waals surface area (Å²) in [5, 5.41) is 8.84. The molecule has 2 rings (SSSR count). The summed E-state index contributed by atoms with van der Waals surface area (Å²) >= 11 is 6.52. The predicted molar refractivity (Wildman–Crippen MR) is 76.1 cm³/mol. The zero-order chi connectivity index (χ0) is 14.9. The van der Waals surface area contributed by atoms with Gasteiger partial charge in [0.1, 0.15) is 9.09 Å². The van der Waals surface area contributed by atoms with E-state index in [-0.39, 0.29) is 19.9 Å². The SMILES string of the molecule is Cc1ccnc(Cl)c1NS(=O)(=O)c1ccc(C(=O)O)s1. The summed E-state index contributed by atoms with van der Waals surface area (Å²) in [6, 6.07) is 4.08. The molecular formula is C11H9ClN2O4S2. The number of carboxylic acids is 1. The van der Waals surface area contributed by atoms with E-state index in [1.807, 2.05) is 0 Å². The lowest BCUT2D eigenvalue weighted by atomic mass is 10.3. The highest BCUT2D eigenvalue weighted by Gasteiger charge is 2.21. The molecule has 0 atom stereocenters. The second kappa shape index (κ2) is 5.39. The van der Waals surface area contributed by atoms with Gasteiger partial charge in [0, 0.05) is 6.20 Å². The van der Waals surface area contributed by atoms with Gasteiger partial charge in [-0.25, -0.2) is 18.2 Å². The maximum atomic E-state index is 12.2. The Balaban J connectivity index is 2.38. The normalized spacial score (nSPS) is 11.3. The third-order valence-electron chi connectivity index (χ3n) is 2.41. The fraction of sp³-hybridized carbons (Fsp3) is 0.0909. The van der Waals surface area contributed by atoms with Crippen LogP contribution < -0.4 is 4.72 Å². The van der Waals surface area contributed by atoms with Crippen molar-refractivity contribution in [3.63, 3.8) is 0 Å². The Hall–Kier alpha value is -1.64. The number of pyridine rings is 1. The van der Waals surface area contributed by atoms with Gasteiger partial charge in [0.25, 0.3) is 10.0 Å². The molecule has 0 unspecified atom stereocenters. The molecule has 6 nitrogen and oxygen atoms in total. The molecule has 0 radical (unpaired) electrons. The first-order valence-corrected chi connectivity index (χ1v) is 7.96. The van der Waals surface area contributed by atoms with E-state index in [4.69, 9.17) is 16.7 Å². The van der Waals surface area contributed by atoms with Crippen LogP contribution in [0.4, 0.5) is 5.69 Å². The van der Waals surface area contributed by atoms with E-state index in [0.717, 1.165) is 0 Å². The van der Waals surface area contributed by atoms with Crippen molar-refractivity contribution in [2.45, 2.75) is 11.1 Å². The fourth-order valence-corrected chi connectivity index (χ4v) is 4.00. The highest BCUT2D eigenvalue weighted by atomic mass is 35.5. The molecule has 0 bridgehead atoms. The molecule has 0 amide bonds. The van der Waals surface area contributed by atoms with Crippen LogP contribution in [-0.2, 0) is 10.0 Å². The molecule has 0 saturated carbocycles. The number of aromatic carboxylic acids is 1. The van der Waals surface area contributed by atoms with Gasteiger partial charge in [0.2, 0.25) is 0 Å². The summed E-state index contributed by atoms with van der Waals surface area (Å²) in [5.74, 6) is -1.17. The molecular weight excluding hydrogens is 324 g/mol. The van der Waals surface area contributed by atoms with Crippen LogP contribution in [0.2, 0.25) is 5.15 Å². The van der Waals surface area contributed by atoms with E-state index in [9.17, 15) is 13.2 Å². The molecule has 0 saturated heterocycles. The molecule has 106 valence electrons. The minimum absolute atomic E-state index is 0.0311. The molecule has 2 N–H and O–H groups in total. The molecule has 0 spiro atoms. The van der Waals surface area contributed by atoms with Crippen LogP contribution in [-0.4, -0.2) is 24.5 Å². The summed E-state index contributed by atoms with van der Waals surface area (Å²) in [6.07, 6.45) is 1.46. The summed E-state index contributed by atoms with van der Waals surface area (Å²) in [5.41, 5.74) is 0.794. The van der Waals surface area contributed by atoms with Gasteiger partial charge in [-0.3, -0.25) is 4.72 Å². The molecule has 2 heterocycles. The van der Waals surface area contributed by atoms with E-state index < -0.39 is 16.0 Å². The molecule has 9 heteroatoms. The summed E-state index contributed by atoms with van der Waals surface area (Å²) in [7, 11) is -3.89. The Kier molecular flexibility index (Phi) is 3.98. The average Bonchev–Trinajstić information content (AvgIpc) is 2.84.